The van der Waals surface area contributed by atoms with Crippen molar-refractivity contribution >= 4 is 17.7 Å². The van der Waals surface area contributed by atoms with Crippen molar-refractivity contribution in [2.75, 3.05) is 19.0 Å². The van der Waals surface area contributed by atoms with Crippen LogP contribution in [0.1, 0.15) is 5.56 Å². The lowest BCUT2D eigenvalue weighted by Crippen LogP contribution is -2.08. The summed E-state index contributed by atoms with van der Waals surface area (Å²) in [5.41, 5.74) is 1.20. The van der Waals surface area contributed by atoms with Crippen molar-refractivity contribution in [3.63, 3.8) is 0 Å². The van der Waals surface area contributed by atoms with E-state index in [2.05, 4.69) is 16.6 Å². The number of amides is 1. The minimum Gasteiger partial charge on any atom is -0.493 e. The second-order valence-corrected chi connectivity index (χ2v) is 5.24. The number of rotatable bonds is 9. The van der Waals surface area contributed by atoms with Crippen LogP contribution < -0.4 is 19.5 Å². The van der Waals surface area contributed by atoms with Crippen molar-refractivity contribution in [1.29, 1.82) is 0 Å². The molecule has 1 amide bonds. The number of anilines is 1. The molecule has 0 unspecified atom stereocenters. The molecule has 5 nitrogen and oxygen atoms in total. The molecule has 1 N–H and O–H groups in total. The van der Waals surface area contributed by atoms with Crippen LogP contribution in [0.5, 0.6) is 17.2 Å². The predicted octanol–water partition coefficient (Wildman–Crippen LogP) is 4.51. The third-order valence-corrected chi connectivity index (χ3v) is 3.32. The number of methoxy groups -OCH3 is 1. The molecule has 2 aromatic carbocycles. The van der Waals surface area contributed by atoms with Gasteiger partial charge in [-0.2, -0.15) is 8.78 Å². The van der Waals surface area contributed by atoms with E-state index in [-0.39, 0.29) is 11.7 Å². The van der Waals surface area contributed by atoms with Crippen LogP contribution in [0.4, 0.5) is 14.5 Å². The van der Waals surface area contributed by atoms with Gasteiger partial charge >= 0.3 is 6.61 Å². The number of benzene rings is 2. The molecule has 0 aromatic heterocycles. The summed E-state index contributed by atoms with van der Waals surface area (Å²) >= 11 is 0. The molecule has 0 radical (unpaired) electrons. The highest BCUT2D eigenvalue weighted by Crippen LogP contribution is 2.28. The highest BCUT2D eigenvalue weighted by atomic mass is 19.3. The van der Waals surface area contributed by atoms with Crippen molar-refractivity contribution in [2.24, 2.45) is 0 Å². The molecule has 0 aliphatic carbocycles. The Hall–Kier alpha value is -3.35. The van der Waals surface area contributed by atoms with Crippen molar-refractivity contribution in [1.82, 2.24) is 0 Å². The van der Waals surface area contributed by atoms with E-state index in [0.717, 1.165) is 5.56 Å². The monoisotopic (exact) mass is 375 g/mol. The van der Waals surface area contributed by atoms with Gasteiger partial charge in [-0.1, -0.05) is 18.7 Å². The van der Waals surface area contributed by atoms with Gasteiger partial charge in [0.15, 0.2) is 11.5 Å². The smallest absolute Gasteiger partial charge is 0.387 e. The van der Waals surface area contributed by atoms with Gasteiger partial charge in [0, 0.05) is 11.8 Å². The number of hydrogen-bond donors (Lipinski definition) is 1. The van der Waals surface area contributed by atoms with Gasteiger partial charge in [-0.05, 0) is 48.0 Å². The topological polar surface area (TPSA) is 56.8 Å². The number of halogens is 2. The number of carbonyl (C=O) groups excluding carboxylic acids is 1. The number of carbonyl (C=O) groups is 1. The fraction of sp³-hybridized carbons (Fsp3) is 0.150. The first kappa shape index (κ1) is 20.0. The minimum absolute atomic E-state index is 0.0180. The predicted molar refractivity (Wildman–Crippen MR) is 99.4 cm³/mol. The Bertz CT molecular complexity index is 804. The molecule has 0 spiro atoms. The maximum absolute atomic E-state index is 12.1. The van der Waals surface area contributed by atoms with Crippen LogP contribution in [0.3, 0.4) is 0 Å². The number of nitrogens with one attached hydrogen (secondary N) is 1. The number of hydrogen-bond acceptors (Lipinski definition) is 4. The summed E-state index contributed by atoms with van der Waals surface area (Å²) < 4.78 is 39.2. The van der Waals surface area contributed by atoms with E-state index in [1.165, 1.54) is 37.5 Å². The fourth-order valence-corrected chi connectivity index (χ4v) is 2.13. The Kier molecular flexibility index (Phi) is 7.37. The molecule has 142 valence electrons. The lowest BCUT2D eigenvalue weighted by atomic mass is 10.2. The van der Waals surface area contributed by atoms with E-state index in [4.69, 9.17) is 9.47 Å². The molecule has 2 rings (SSSR count). The van der Waals surface area contributed by atoms with Crippen LogP contribution in [0.25, 0.3) is 6.08 Å². The van der Waals surface area contributed by atoms with E-state index in [9.17, 15) is 13.6 Å². The van der Waals surface area contributed by atoms with Crippen molar-refractivity contribution in [3.8, 4) is 17.2 Å². The van der Waals surface area contributed by atoms with Crippen LogP contribution in [0.15, 0.2) is 61.2 Å². The van der Waals surface area contributed by atoms with E-state index in [1.54, 1.807) is 30.4 Å². The second-order valence-electron chi connectivity index (χ2n) is 5.24. The highest BCUT2D eigenvalue weighted by molar-refractivity contribution is 6.01. The van der Waals surface area contributed by atoms with Crippen LogP contribution in [-0.4, -0.2) is 26.2 Å². The third-order valence-electron chi connectivity index (χ3n) is 3.32. The van der Waals surface area contributed by atoms with Gasteiger partial charge in [0.25, 0.3) is 0 Å². The van der Waals surface area contributed by atoms with Crippen LogP contribution in [0.2, 0.25) is 0 Å². The third kappa shape index (κ3) is 6.47. The largest absolute Gasteiger partial charge is 0.493 e. The van der Waals surface area contributed by atoms with Crippen molar-refractivity contribution < 1.29 is 27.8 Å². The standard InChI is InChI=1S/C20H19F2NO4/c1-3-12-26-17-10-4-14(13-18(17)25-2)5-11-19(24)23-15-6-8-16(9-7-15)27-20(21)22/h3-11,13,20H,1,12H2,2H3,(H,23,24)/b11-5+. The molecule has 27 heavy (non-hydrogen) atoms. The molecule has 0 atom stereocenters. The Balaban J connectivity index is 1.98. The van der Waals surface area contributed by atoms with Crippen LogP contribution >= 0.6 is 0 Å². The highest BCUT2D eigenvalue weighted by Gasteiger charge is 2.06. The summed E-state index contributed by atoms with van der Waals surface area (Å²) in [6, 6.07) is 10.9. The lowest BCUT2D eigenvalue weighted by Gasteiger charge is -2.09. The Morgan fingerprint density at radius 3 is 2.56 bits per heavy atom. The van der Waals surface area contributed by atoms with E-state index < -0.39 is 6.61 Å². The summed E-state index contributed by atoms with van der Waals surface area (Å²) in [5.74, 6) is 0.756. The SMILES string of the molecule is C=CCOc1ccc(/C=C/C(=O)Nc2ccc(OC(F)F)cc2)cc1OC. The zero-order valence-corrected chi connectivity index (χ0v) is 14.7. The molecule has 2 aromatic rings. The summed E-state index contributed by atoms with van der Waals surface area (Å²) in [4.78, 5) is 12.0. The van der Waals surface area contributed by atoms with Gasteiger partial charge in [0.05, 0.1) is 7.11 Å². The average Bonchev–Trinajstić information content (AvgIpc) is 2.66. The molecule has 7 heteroatoms. The van der Waals surface area contributed by atoms with E-state index in [0.29, 0.717) is 23.8 Å². The summed E-state index contributed by atoms with van der Waals surface area (Å²) in [7, 11) is 1.53. The van der Waals surface area contributed by atoms with Gasteiger partial charge in [-0.25, -0.2) is 0 Å². The zero-order chi connectivity index (χ0) is 19.6. The first-order valence-corrected chi connectivity index (χ1v) is 7.97. The van der Waals surface area contributed by atoms with E-state index >= 15 is 0 Å². The van der Waals surface area contributed by atoms with Gasteiger partial charge in [0.2, 0.25) is 5.91 Å². The average molecular weight is 375 g/mol. The Morgan fingerprint density at radius 1 is 1.19 bits per heavy atom. The van der Waals surface area contributed by atoms with Gasteiger partial charge < -0.3 is 19.5 Å². The molecule has 0 bridgehead atoms. The first-order chi connectivity index (χ1) is 13.0. The van der Waals surface area contributed by atoms with Gasteiger partial charge in [-0.15, -0.1) is 0 Å². The molecule has 0 saturated carbocycles. The summed E-state index contributed by atoms with van der Waals surface area (Å²) in [5, 5.41) is 2.62. The van der Waals surface area contributed by atoms with E-state index in [1.807, 2.05) is 0 Å². The zero-order valence-electron chi connectivity index (χ0n) is 14.7. The maximum atomic E-state index is 12.1. The summed E-state index contributed by atoms with van der Waals surface area (Å²) in [6.07, 6.45) is 4.59. The Morgan fingerprint density at radius 2 is 1.93 bits per heavy atom. The van der Waals surface area contributed by atoms with Crippen molar-refractivity contribution in [2.45, 2.75) is 6.61 Å². The molecular weight excluding hydrogens is 356 g/mol. The second kappa shape index (κ2) is 9.96. The summed E-state index contributed by atoms with van der Waals surface area (Å²) in [6.45, 7) is 1.05. The van der Waals surface area contributed by atoms with Crippen LogP contribution in [0, 0.1) is 0 Å². The normalized spacial score (nSPS) is 10.7. The van der Waals surface area contributed by atoms with Gasteiger partial charge in [-0.3, -0.25) is 4.79 Å². The molecule has 0 aliphatic rings. The maximum Gasteiger partial charge on any atom is 0.387 e. The van der Waals surface area contributed by atoms with Crippen LogP contribution in [-0.2, 0) is 4.79 Å². The number of alkyl halides is 2. The fourth-order valence-electron chi connectivity index (χ4n) is 2.13. The van der Waals surface area contributed by atoms with Gasteiger partial charge in [0.1, 0.15) is 12.4 Å². The minimum atomic E-state index is -2.89. The van der Waals surface area contributed by atoms with Crippen molar-refractivity contribution in [3.05, 3.63) is 66.8 Å². The molecule has 0 saturated heterocycles. The quantitative estimate of drug-likeness (QED) is 0.517. The molecule has 0 aliphatic heterocycles. The molecule has 0 heterocycles. The molecular formula is C20H19F2NO4. The number of ether oxygens (including phenoxy) is 3. The Labute approximate surface area is 155 Å². The lowest BCUT2D eigenvalue weighted by molar-refractivity contribution is -0.111. The molecule has 0 fully saturated rings. The first-order valence-electron chi connectivity index (χ1n) is 7.97.